The van der Waals surface area contributed by atoms with Crippen molar-refractivity contribution in [2.24, 2.45) is 11.8 Å². The molecule has 2 rings (SSSR count). The molecule has 2 heterocycles. The molecule has 0 aliphatic carbocycles. The molecule has 1 N–H and O–H groups in total. The first-order chi connectivity index (χ1) is 8.73. The number of carboxylic acid groups (broad SMARTS) is 1. The highest BCUT2D eigenvalue weighted by atomic mass is 79.9. The van der Waals surface area contributed by atoms with Gasteiger partial charge in [0.05, 0.1) is 13.5 Å². The summed E-state index contributed by atoms with van der Waals surface area (Å²) in [6, 6.07) is 1.53. The van der Waals surface area contributed by atoms with E-state index in [2.05, 4.69) is 31.9 Å². The Hall–Kier alpha value is 0.0400. The van der Waals surface area contributed by atoms with Gasteiger partial charge >= 0.3 is 5.97 Å². The van der Waals surface area contributed by atoms with Crippen molar-refractivity contribution in [3.63, 3.8) is 0 Å². The molecule has 1 saturated heterocycles. The second-order valence-corrected chi connectivity index (χ2v) is 10.1. The summed E-state index contributed by atoms with van der Waals surface area (Å²) in [6.07, 6.45) is 0. The molecule has 0 amide bonds. The maximum atomic E-state index is 12.5. The minimum Gasteiger partial charge on any atom is -0.481 e. The van der Waals surface area contributed by atoms with Crippen LogP contribution in [0.4, 0.5) is 0 Å². The van der Waals surface area contributed by atoms with Gasteiger partial charge in [0.25, 0.3) is 0 Å². The van der Waals surface area contributed by atoms with Gasteiger partial charge in [-0.05, 0) is 43.8 Å². The van der Waals surface area contributed by atoms with Crippen molar-refractivity contribution in [2.75, 3.05) is 13.1 Å². The van der Waals surface area contributed by atoms with Crippen molar-refractivity contribution in [1.82, 2.24) is 4.31 Å². The fraction of sp³-hybridized carbons (Fsp3) is 0.500. The van der Waals surface area contributed by atoms with E-state index < -0.39 is 21.9 Å². The molecule has 0 spiro atoms. The van der Waals surface area contributed by atoms with Crippen molar-refractivity contribution in [2.45, 2.75) is 11.8 Å². The first kappa shape index (κ1) is 15.4. The lowest BCUT2D eigenvalue weighted by atomic mass is 9.99. The number of carbonyl (C=O) groups is 1. The molecule has 0 radical (unpaired) electrons. The standard InChI is InChI=1S/C10H11Br2NO4S2/c1-5-3-13(4-6(5)10(14)15)19(16,17)7-2-8(11)18-9(7)12/h2,5-6H,3-4H2,1H3,(H,14,15). The Morgan fingerprint density at radius 2 is 2.11 bits per heavy atom. The van der Waals surface area contributed by atoms with Crippen LogP contribution in [0.3, 0.4) is 0 Å². The van der Waals surface area contributed by atoms with E-state index in [1.165, 1.54) is 21.7 Å². The van der Waals surface area contributed by atoms with Gasteiger partial charge in [-0.2, -0.15) is 4.31 Å². The molecule has 0 bridgehead atoms. The molecule has 2 atom stereocenters. The molecule has 1 aliphatic heterocycles. The number of hydrogen-bond donors (Lipinski definition) is 1. The van der Waals surface area contributed by atoms with Crippen LogP contribution in [0.5, 0.6) is 0 Å². The number of nitrogens with zero attached hydrogens (tertiary/aromatic N) is 1. The molecule has 9 heteroatoms. The number of rotatable bonds is 3. The van der Waals surface area contributed by atoms with E-state index in [0.29, 0.717) is 7.57 Å². The Kier molecular flexibility index (Phi) is 4.41. The highest BCUT2D eigenvalue weighted by molar-refractivity contribution is 9.12. The third kappa shape index (κ3) is 2.90. The number of carboxylic acids is 1. The maximum Gasteiger partial charge on any atom is 0.308 e. The smallest absolute Gasteiger partial charge is 0.308 e. The van der Waals surface area contributed by atoms with Gasteiger partial charge in [0.2, 0.25) is 10.0 Å². The van der Waals surface area contributed by atoms with E-state index in [1.807, 2.05) is 0 Å². The molecule has 106 valence electrons. The van der Waals surface area contributed by atoms with Gasteiger partial charge in [-0.15, -0.1) is 11.3 Å². The van der Waals surface area contributed by atoms with Gasteiger partial charge < -0.3 is 5.11 Å². The van der Waals surface area contributed by atoms with E-state index in [9.17, 15) is 13.2 Å². The quantitative estimate of drug-likeness (QED) is 0.796. The van der Waals surface area contributed by atoms with Crippen LogP contribution in [0.1, 0.15) is 6.92 Å². The molecule has 1 aromatic heterocycles. The van der Waals surface area contributed by atoms with Crippen molar-refractivity contribution in [1.29, 1.82) is 0 Å². The summed E-state index contributed by atoms with van der Waals surface area (Å²) in [5, 5.41) is 9.06. The van der Waals surface area contributed by atoms with E-state index in [4.69, 9.17) is 5.11 Å². The van der Waals surface area contributed by atoms with Crippen molar-refractivity contribution >= 4 is 59.2 Å². The first-order valence-electron chi connectivity index (χ1n) is 5.41. The number of halogens is 2. The van der Waals surface area contributed by atoms with Crippen molar-refractivity contribution in [3.05, 3.63) is 13.6 Å². The summed E-state index contributed by atoms with van der Waals surface area (Å²) in [5.74, 6) is -1.78. The molecule has 0 saturated carbocycles. The van der Waals surface area contributed by atoms with Gasteiger partial charge in [-0.1, -0.05) is 6.92 Å². The first-order valence-corrected chi connectivity index (χ1v) is 9.25. The maximum absolute atomic E-state index is 12.5. The molecular weight excluding hydrogens is 422 g/mol. The zero-order valence-corrected chi connectivity index (χ0v) is 14.6. The predicted octanol–water partition coefficient (Wildman–Crippen LogP) is 2.61. The Morgan fingerprint density at radius 3 is 2.53 bits per heavy atom. The van der Waals surface area contributed by atoms with Crippen LogP contribution in [-0.4, -0.2) is 36.9 Å². The van der Waals surface area contributed by atoms with E-state index >= 15 is 0 Å². The van der Waals surface area contributed by atoms with Crippen molar-refractivity contribution in [3.8, 4) is 0 Å². The number of hydrogen-bond acceptors (Lipinski definition) is 4. The molecule has 1 aliphatic rings. The van der Waals surface area contributed by atoms with Gasteiger partial charge in [0.1, 0.15) is 4.90 Å². The van der Waals surface area contributed by atoms with Crippen LogP contribution >= 0.6 is 43.2 Å². The second kappa shape index (κ2) is 5.44. The molecule has 1 fully saturated rings. The summed E-state index contributed by atoms with van der Waals surface area (Å²) in [7, 11) is -3.64. The van der Waals surface area contributed by atoms with Crippen LogP contribution in [-0.2, 0) is 14.8 Å². The minimum absolute atomic E-state index is 0.0265. The van der Waals surface area contributed by atoms with Crippen LogP contribution in [0, 0.1) is 11.8 Å². The van der Waals surface area contributed by atoms with E-state index in [0.717, 1.165) is 0 Å². The summed E-state index contributed by atoms with van der Waals surface area (Å²) >= 11 is 7.74. The van der Waals surface area contributed by atoms with E-state index in [1.54, 1.807) is 6.92 Å². The van der Waals surface area contributed by atoms with Crippen molar-refractivity contribution < 1.29 is 18.3 Å². The Balaban J connectivity index is 2.32. The van der Waals surface area contributed by atoms with Gasteiger partial charge in [-0.25, -0.2) is 8.42 Å². The van der Waals surface area contributed by atoms with Gasteiger partial charge in [0, 0.05) is 13.1 Å². The topological polar surface area (TPSA) is 74.7 Å². The summed E-state index contributed by atoms with van der Waals surface area (Å²) in [5.41, 5.74) is 0. The molecule has 19 heavy (non-hydrogen) atoms. The van der Waals surface area contributed by atoms with Crippen LogP contribution in [0.2, 0.25) is 0 Å². The molecule has 0 aromatic carbocycles. The number of thiophene rings is 1. The normalized spacial score (nSPS) is 24.8. The fourth-order valence-electron chi connectivity index (χ4n) is 2.08. The summed E-state index contributed by atoms with van der Waals surface area (Å²) < 4.78 is 27.4. The van der Waals surface area contributed by atoms with Crippen LogP contribution in [0.25, 0.3) is 0 Å². The Bertz CT molecular complexity index is 613. The Labute approximate surface area is 131 Å². The minimum atomic E-state index is -3.64. The number of sulfonamides is 1. The molecule has 5 nitrogen and oxygen atoms in total. The van der Waals surface area contributed by atoms with Gasteiger partial charge in [-0.3, -0.25) is 4.79 Å². The second-order valence-electron chi connectivity index (χ2n) is 4.43. The number of aliphatic carboxylic acids is 1. The molecular formula is C10H11Br2NO4S2. The summed E-state index contributed by atoms with van der Waals surface area (Å²) in [4.78, 5) is 11.2. The van der Waals surface area contributed by atoms with Crippen LogP contribution < -0.4 is 0 Å². The summed E-state index contributed by atoms with van der Waals surface area (Å²) in [6.45, 7) is 2.02. The van der Waals surface area contributed by atoms with Crippen LogP contribution in [0.15, 0.2) is 18.5 Å². The third-order valence-electron chi connectivity index (χ3n) is 3.14. The third-order valence-corrected chi connectivity index (χ3v) is 7.73. The zero-order valence-electron chi connectivity index (χ0n) is 9.84. The monoisotopic (exact) mass is 431 g/mol. The average molecular weight is 433 g/mol. The van der Waals surface area contributed by atoms with Gasteiger partial charge in [0.15, 0.2) is 0 Å². The highest BCUT2D eigenvalue weighted by Gasteiger charge is 2.41. The largest absolute Gasteiger partial charge is 0.481 e. The predicted molar refractivity (Wildman–Crippen MR) is 78.8 cm³/mol. The fourth-order valence-corrected chi connectivity index (χ4v) is 7.41. The van der Waals surface area contributed by atoms with E-state index in [-0.39, 0.29) is 23.9 Å². The average Bonchev–Trinajstić information content (AvgIpc) is 2.82. The molecule has 2 unspecified atom stereocenters. The lowest BCUT2D eigenvalue weighted by molar-refractivity contribution is -0.142. The lowest BCUT2D eigenvalue weighted by Gasteiger charge is -2.15. The highest BCUT2D eigenvalue weighted by Crippen LogP contribution is 2.38. The molecule has 1 aromatic rings. The lowest BCUT2D eigenvalue weighted by Crippen LogP contribution is -2.30. The Morgan fingerprint density at radius 1 is 1.47 bits per heavy atom. The zero-order chi connectivity index (χ0) is 14.4. The SMILES string of the molecule is CC1CN(S(=O)(=O)c2cc(Br)sc2Br)CC1C(=O)O.